The fraction of sp³-hybridized carbons (Fsp3) is 0.143. The van der Waals surface area contributed by atoms with Crippen LogP contribution in [0.1, 0.15) is 18.6 Å². The first kappa shape index (κ1) is 13.4. The average Bonchev–Trinajstić information content (AvgIpc) is 2.35. The van der Waals surface area contributed by atoms with E-state index in [0.717, 1.165) is 24.3 Å². The maximum atomic E-state index is 13.7. The molecular formula is C14H11F3O2. The maximum Gasteiger partial charge on any atom is 0.168 e. The minimum absolute atomic E-state index is 0.156. The Balaban J connectivity index is 2.46. The third kappa shape index (κ3) is 2.88. The van der Waals surface area contributed by atoms with E-state index in [2.05, 4.69) is 0 Å². The highest BCUT2D eigenvalue weighted by molar-refractivity contribution is 5.40. The van der Waals surface area contributed by atoms with Crippen LogP contribution in [0.3, 0.4) is 0 Å². The molecule has 0 fully saturated rings. The Kier molecular flexibility index (Phi) is 3.76. The van der Waals surface area contributed by atoms with Crippen molar-refractivity contribution in [2.75, 3.05) is 0 Å². The minimum Gasteiger partial charge on any atom is -0.451 e. The highest BCUT2D eigenvalue weighted by Gasteiger charge is 2.16. The van der Waals surface area contributed by atoms with Gasteiger partial charge in [0.15, 0.2) is 23.1 Å². The lowest BCUT2D eigenvalue weighted by Gasteiger charge is -2.14. The van der Waals surface area contributed by atoms with Gasteiger partial charge >= 0.3 is 0 Å². The topological polar surface area (TPSA) is 29.5 Å². The van der Waals surface area contributed by atoms with Gasteiger partial charge in [0.25, 0.3) is 0 Å². The van der Waals surface area contributed by atoms with E-state index < -0.39 is 29.3 Å². The van der Waals surface area contributed by atoms with Crippen LogP contribution in [0.5, 0.6) is 11.5 Å². The van der Waals surface area contributed by atoms with Crippen LogP contribution in [0, 0.1) is 17.5 Å². The summed E-state index contributed by atoms with van der Waals surface area (Å²) in [5.74, 6) is -3.04. The second-order valence-corrected chi connectivity index (χ2v) is 4.01. The minimum atomic E-state index is -0.998. The first-order valence-electron chi connectivity index (χ1n) is 5.58. The van der Waals surface area contributed by atoms with Gasteiger partial charge in [-0.1, -0.05) is 12.1 Å². The summed E-state index contributed by atoms with van der Waals surface area (Å²) in [5.41, 5.74) is 0.156. The molecule has 0 amide bonds. The zero-order valence-corrected chi connectivity index (χ0v) is 10.0. The van der Waals surface area contributed by atoms with Gasteiger partial charge in [0.2, 0.25) is 0 Å². The summed E-state index contributed by atoms with van der Waals surface area (Å²) in [7, 11) is 0. The van der Waals surface area contributed by atoms with Crippen LogP contribution in [-0.4, -0.2) is 5.11 Å². The molecule has 2 nitrogen and oxygen atoms in total. The highest BCUT2D eigenvalue weighted by Crippen LogP contribution is 2.33. The van der Waals surface area contributed by atoms with Crippen LogP contribution in [-0.2, 0) is 0 Å². The number of ether oxygens (including phenoxy) is 1. The summed E-state index contributed by atoms with van der Waals surface area (Å²) in [6.45, 7) is 1.42. The molecule has 0 saturated heterocycles. The molecule has 100 valence electrons. The van der Waals surface area contributed by atoms with Gasteiger partial charge in [-0.2, -0.15) is 0 Å². The molecule has 2 aromatic rings. The van der Waals surface area contributed by atoms with Crippen LogP contribution >= 0.6 is 0 Å². The Bertz CT molecular complexity index is 597. The molecule has 1 N–H and O–H groups in total. The normalized spacial score (nSPS) is 12.3. The second kappa shape index (κ2) is 5.32. The fourth-order valence-electron chi connectivity index (χ4n) is 1.63. The zero-order valence-electron chi connectivity index (χ0n) is 10.0. The van der Waals surface area contributed by atoms with Gasteiger partial charge in [0.1, 0.15) is 5.82 Å². The molecule has 0 aliphatic carbocycles. The van der Waals surface area contributed by atoms with Crippen LogP contribution in [0.4, 0.5) is 13.2 Å². The number of aliphatic hydroxyl groups is 1. The quantitative estimate of drug-likeness (QED) is 0.913. The van der Waals surface area contributed by atoms with Crippen molar-refractivity contribution in [1.82, 2.24) is 0 Å². The van der Waals surface area contributed by atoms with Crippen molar-refractivity contribution in [2.24, 2.45) is 0 Å². The lowest BCUT2D eigenvalue weighted by Crippen LogP contribution is -2.00. The van der Waals surface area contributed by atoms with E-state index in [0.29, 0.717) is 0 Å². The third-order valence-corrected chi connectivity index (χ3v) is 2.55. The molecule has 0 bridgehead atoms. The third-order valence-electron chi connectivity index (χ3n) is 2.55. The summed E-state index contributed by atoms with van der Waals surface area (Å²) in [6.07, 6.45) is -0.998. The lowest BCUT2D eigenvalue weighted by atomic mass is 10.1. The first-order chi connectivity index (χ1) is 8.99. The van der Waals surface area contributed by atoms with Gasteiger partial charge in [0.05, 0.1) is 6.10 Å². The van der Waals surface area contributed by atoms with Crippen LogP contribution in [0.25, 0.3) is 0 Å². The Labute approximate surface area is 108 Å². The first-order valence-corrected chi connectivity index (χ1v) is 5.58. The molecule has 0 aliphatic heterocycles. The predicted octanol–water partition coefficient (Wildman–Crippen LogP) is 3.95. The van der Waals surface area contributed by atoms with Gasteiger partial charge in [-0.15, -0.1) is 0 Å². The van der Waals surface area contributed by atoms with E-state index in [-0.39, 0.29) is 11.3 Å². The molecule has 0 heterocycles. The van der Waals surface area contributed by atoms with Crippen LogP contribution < -0.4 is 4.74 Å². The molecule has 0 aromatic heterocycles. The average molecular weight is 268 g/mol. The van der Waals surface area contributed by atoms with Crippen LogP contribution in [0.2, 0.25) is 0 Å². The van der Waals surface area contributed by atoms with Gasteiger partial charge in [-0.25, -0.2) is 13.2 Å². The summed E-state index contributed by atoms with van der Waals surface area (Å²) in [5, 5.41) is 9.52. The Morgan fingerprint density at radius 3 is 2.47 bits per heavy atom. The number of halogens is 3. The molecule has 1 atom stereocenters. The van der Waals surface area contributed by atoms with Crippen LogP contribution in [0.15, 0.2) is 36.4 Å². The molecule has 2 aromatic carbocycles. The van der Waals surface area contributed by atoms with E-state index in [1.165, 1.54) is 19.1 Å². The van der Waals surface area contributed by atoms with Gasteiger partial charge in [-0.05, 0) is 25.1 Å². The molecule has 0 spiro atoms. The number of hydrogen-bond acceptors (Lipinski definition) is 2. The Morgan fingerprint density at radius 2 is 1.79 bits per heavy atom. The molecule has 19 heavy (non-hydrogen) atoms. The largest absolute Gasteiger partial charge is 0.451 e. The molecule has 0 aliphatic rings. The zero-order chi connectivity index (χ0) is 14.0. The van der Waals surface area contributed by atoms with E-state index in [4.69, 9.17) is 4.74 Å². The van der Waals surface area contributed by atoms with Crippen molar-refractivity contribution < 1.29 is 23.0 Å². The monoisotopic (exact) mass is 268 g/mol. The highest BCUT2D eigenvalue weighted by atomic mass is 19.1. The summed E-state index contributed by atoms with van der Waals surface area (Å²) in [4.78, 5) is 0. The molecule has 0 radical (unpaired) electrons. The van der Waals surface area contributed by atoms with E-state index >= 15 is 0 Å². The molecule has 0 saturated carbocycles. The number of rotatable bonds is 3. The Morgan fingerprint density at radius 1 is 1.05 bits per heavy atom. The van der Waals surface area contributed by atoms with Crippen molar-refractivity contribution in [3.8, 4) is 11.5 Å². The van der Waals surface area contributed by atoms with Crippen molar-refractivity contribution in [3.05, 3.63) is 59.4 Å². The maximum absolute atomic E-state index is 13.7. The lowest BCUT2D eigenvalue weighted by molar-refractivity contribution is 0.194. The van der Waals surface area contributed by atoms with E-state index in [9.17, 15) is 18.3 Å². The van der Waals surface area contributed by atoms with Gasteiger partial charge in [0, 0.05) is 11.6 Å². The number of para-hydroxylation sites is 1. The van der Waals surface area contributed by atoms with Gasteiger partial charge < -0.3 is 9.84 Å². The predicted molar refractivity (Wildman–Crippen MR) is 63.5 cm³/mol. The number of aliphatic hydroxyl groups excluding tert-OH is 1. The molecule has 2 rings (SSSR count). The Hall–Kier alpha value is -2.01. The second-order valence-electron chi connectivity index (χ2n) is 4.01. The molecular weight excluding hydrogens is 257 g/mol. The summed E-state index contributed by atoms with van der Waals surface area (Å²) < 4.78 is 45.2. The molecule has 5 heteroatoms. The van der Waals surface area contributed by atoms with Crippen molar-refractivity contribution in [2.45, 2.75) is 13.0 Å². The smallest absolute Gasteiger partial charge is 0.168 e. The number of benzene rings is 2. The fourth-order valence-corrected chi connectivity index (χ4v) is 1.63. The van der Waals surface area contributed by atoms with E-state index in [1.54, 1.807) is 0 Å². The summed E-state index contributed by atoms with van der Waals surface area (Å²) >= 11 is 0. The van der Waals surface area contributed by atoms with Crippen molar-refractivity contribution in [1.29, 1.82) is 0 Å². The van der Waals surface area contributed by atoms with Crippen molar-refractivity contribution >= 4 is 0 Å². The molecule has 1 unspecified atom stereocenters. The SMILES string of the molecule is CC(O)c1cccc(F)c1Oc1cc(F)ccc1F. The van der Waals surface area contributed by atoms with Gasteiger partial charge in [-0.3, -0.25) is 0 Å². The number of hydrogen-bond donors (Lipinski definition) is 1. The summed E-state index contributed by atoms with van der Waals surface area (Å²) in [6, 6.07) is 6.57. The van der Waals surface area contributed by atoms with E-state index in [1.807, 2.05) is 0 Å². The van der Waals surface area contributed by atoms with Crippen molar-refractivity contribution in [3.63, 3.8) is 0 Å². The standard InChI is InChI=1S/C14H11F3O2/c1-8(18)10-3-2-4-12(17)14(10)19-13-7-9(15)5-6-11(13)16/h2-8,18H,1H3.